The molecule has 0 aromatic carbocycles. The van der Waals surface area contributed by atoms with Gasteiger partial charge in [-0.05, 0) is 19.1 Å². The molecule has 6 heteroatoms. The number of nitrogens with two attached hydrogens (primary N) is 1. The Bertz CT molecular complexity index is 564. The predicted octanol–water partition coefficient (Wildman–Crippen LogP) is 1.55. The van der Waals surface area contributed by atoms with Crippen molar-refractivity contribution in [1.82, 2.24) is 14.8 Å². The summed E-state index contributed by atoms with van der Waals surface area (Å²) in [6, 6.07) is 5.35. The number of nitrogens with zero attached hydrogens (tertiary/aromatic N) is 3. The molecule has 2 aromatic rings. The summed E-state index contributed by atoms with van der Waals surface area (Å²) in [5, 5.41) is 4.18. The fourth-order valence-corrected chi connectivity index (χ4v) is 1.60. The van der Waals surface area contributed by atoms with Crippen molar-refractivity contribution in [2.24, 2.45) is 12.8 Å². The Labute approximate surface area is 104 Å². The average Bonchev–Trinajstić information content (AvgIpc) is 2.58. The predicted molar refractivity (Wildman–Crippen MR) is 68.1 cm³/mol. The average molecular weight is 248 g/mol. The maximum atomic E-state index is 5.64. The highest BCUT2D eigenvalue weighted by Crippen LogP contribution is 2.22. The van der Waals surface area contributed by atoms with E-state index in [0.717, 1.165) is 5.69 Å². The molecule has 0 bridgehead atoms. The summed E-state index contributed by atoms with van der Waals surface area (Å²) in [6.45, 7) is 1.89. The van der Waals surface area contributed by atoms with Gasteiger partial charge in [-0.2, -0.15) is 5.10 Å². The van der Waals surface area contributed by atoms with E-state index in [0.29, 0.717) is 17.3 Å². The van der Waals surface area contributed by atoms with Gasteiger partial charge in [-0.1, -0.05) is 12.2 Å². The maximum absolute atomic E-state index is 5.64. The van der Waals surface area contributed by atoms with Crippen LogP contribution in [0.3, 0.4) is 0 Å². The fourth-order valence-electron chi connectivity index (χ4n) is 1.44. The zero-order chi connectivity index (χ0) is 12.4. The summed E-state index contributed by atoms with van der Waals surface area (Å²) in [5.74, 6) is 0.988. The number of rotatable bonds is 3. The summed E-state index contributed by atoms with van der Waals surface area (Å²) in [6.07, 6.45) is 1.63. The van der Waals surface area contributed by atoms with Gasteiger partial charge < -0.3 is 10.5 Å². The molecule has 0 spiro atoms. The van der Waals surface area contributed by atoms with Crippen LogP contribution in [0.5, 0.6) is 11.8 Å². The van der Waals surface area contributed by atoms with E-state index in [9.17, 15) is 0 Å². The van der Waals surface area contributed by atoms with Gasteiger partial charge in [0.15, 0.2) is 0 Å². The van der Waals surface area contributed by atoms with E-state index >= 15 is 0 Å². The second-order valence-corrected chi connectivity index (χ2v) is 4.01. The number of thiocarbonyl (C=S) groups is 1. The molecule has 0 atom stereocenters. The third-order valence-electron chi connectivity index (χ3n) is 2.20. The number of aryl methyl sites for hydroxylation is 2. The highest BCUT2D eigenvalue weighted by atomic mass is 32.1. The van der Waals surface area contributed by atoms with Crippen LogP contribution in [0.4, 0.5) is 0 Å². The topological polar surface area (TPSA) is 66.0 Å². The highest BCUT2D eigenvalue weighted by Gasteiger charge is 2.11. The lowest BCUT2D eigenvalue weighted by Gasteiger charge is -2.08. The zero-order valence-electron chi connectivity index (χ0n) is 9.54. The molecule has 88 valence electrons. The van der Waals surface area contributed by atoms with Crippen LogP contribution < -0.4 is 10.5 Å². The summed E-state index contributed by atoms with van der Waals surface area (Å²) in [5.41, 5.74) is 7.08. The minimum atomic E-state index is 0.256. The minimum absolute atomic E-state index is 0.256. The molecule has 5 nitrogen and oxygen atoms in total. The summed E-state index contributed by atoms with van der Waals surface area (Å²) >= 11 is 4.94. The fraction of sp³-hybridized carbons (Fsp3) is 0.182. The van der Waals surface area contributed by atoms with Gasteiger partial charge in [-0.3, -0.25) is 0 Å². The molecule has 17 heavy (non-hydrogen) atoms. The molecule has 0 amide bonds. The van der Waals surface area contributed by atoms with Gasteiger partial charge in [-0.15, -0.1) is 0 Å². The number of hydrogen-bond donors (Lipinski definition) is 1. The summed E-state index contributed by atoms with van der Waals surface area (Å²) in [4.78, 5) is 4.37. The summed E-state index contributed by atoms with van der Waals surface area (Å²) < 4.78 is 7.28. The van der Waals surface area contributed by atoms with E-state index in [2.05, 4.69) is 10.1 Å². The molecule has 0 aliphatic rings. The van der Waals surface area contributed by atoms with Gasteiger partial charge >= 0.3 is 0 Å². The monoisotopic (exact) mass is 248 g/mol. The smallest absolute Gasteiger partial charge is 0.231 e. The van der Waals surface area contributed by atoms with Crippen molar-refractivity contribution in [3.8, 4) is 11.8 Å². The third kappa shape index (κ3) is 2.42. The normalized spacial score (nSPS) is 10.2. The van der Waals surface area contributed by atoms with E-state index in [1.165, 1.54) is 0 Å². The number of pyridine rings is 1. The van der Waals surface area contributed by atoms with Crippen LogP contribution in [-0.4, -0.2) is 19.8 Å². The molecule has 0 unspecified atom stereocenters. The molecular formula is C11H12N4OS. The van der Waals surface area contributed by atoms with Crippen molar-refractivity contribution in [2.45, 2.75) is 6.92 Å². The second kappa shape index (κ2) is 4.50. The zero-order valence-corrected chi connectivity index (χ0v) is 10.4. The van der Waals surface area contributed by atoms with Crippen LogP contribution in [0.25, 0.3) is 0 Å². The Morgan fingerprint density at radius 1 is 1.53 bits per heavy atom. The van der Waals surface area contributed by atoms with Gasteiger partial charge in [0, 0.05) is 19.3 Å². The van der Waals surface area contributed by atoms with Crippen molar-refractivity contribution >= 4 is 17.2 Å². The third-order valence-corrected chi connectivity index (χ3v) is 2.42. The van der Waals surface area contributed by atoms with E-state index in [1.54, 1.807) is 30.1 Å². The standard InChI is InChI=1S/C11H12N4OS/c1-7-6-9(15(2)14-7)16-11-8(10(12)17)4-3-5-13-11/h3-6H,1-2H3,(H2,12,17). The van der Waals surface area contributed by atoms with Gasteiger partial charge in [0.2, 0.25) is 11.8 Å². The van der Waals surface area contributed by atoms with Crippen molar-refractivity contribution in [3.63, 3.8) is 0 Å². The number of aromatic nitrogens is 3. The molecule has 2 aromatic heterocycles. The van der Waals surface area contributed by atoms with E-state index in [4.69, 9.17) is 22.7 Å². The highest BCUT2D eigenvalue weighted by molar-refractivity contribution is 7.80. The first-order valence-electron chi connectivity index (χ1n) is 5.01. The first-order chi connectivity index (χ1) is 8.08. The van der Waals surface area contributed by atoms with Crippen molar-refractivity contribution in [1.29, 1.82) is 0 Å². The van der Waals surface area contributed by atoms with Crippen molar-refractivity contribution < 1.29 is 4.74 Å². The van der Waals surface area contributed by atoms with Crippen LogP contribution >= 0.6 is 12.2 Å². The molecule has 0 aliphatic carbocycles. The Morgan fingerprint density at radius 2 is 2.29 bits per heavy atom. The number of ether oxygens (including phenoxy) is 1. The SMILES string of the molecule is Cc1cc(Oc2ncccc2C(N)=S)n(C)n1. The van der Waals surface area contributed by atoms with Gasteiger partial charge in [-0.25, -0.2) is 9.67 Å². The van der Waals surface area contributed by atoms with Crippen LogP contribution in [0, 0.1) is 6.92 Å². The van der Waals surface area contributed by atoms with Crippen LogP contribution in [0.15, 0.2) is 24.4 Å². The van der Waals surface area contributed by atoms with Crippen LogP contribution in [0.1, 0.15) is 11.3 Å². The Morgan fingerprint density at radius 3 is 2.88 bits per heavy atom. The van der Waals surface area contributed by atoms with Gasteiger partial charge in [0.1, 0.15) is 4.99 Å². The lowest BCUT2D eigenvalue weighted by Crippen LogP contribution is -2.11. The van der Waals surface area contributed by atoms with E-state index < -0.39 is 0 Å². The lowest BCUT2D eigenvalue weighted by atomic mass is 10.3. The van der Waals surface area contributed by atoms with Gasteiger partial charge in [0.05, 0.1) is 11.3 Å². The Balaban J connectivity index is 2.36. The molecule has 0 saturated carbocycles. The molecule has 2 N–H and O–H groups in total. The Hall–Kier alpha value is -1.95. The molecule has 0 saturated heterocycles. The molecule has 2 heterocycles. The first kappa shape index (κ1) is 11.5. The molecular weight excluding hydrogens is 236 g/mol. The van der Waals surface area contributed by atoms with Crippen molar-refractivity contribution in [3.05, 3.63) is 35.7 Å². The number of hydrogen-bond acceptors (Lipinski definition) is 4. The molecule has 2 rings (SSSR count). The molecule has 0 fully saturated rings. The maximum Gasteiger partial charge on any atom is 0.231 e. The first-order valence-corrected chi connectivity index (χ1v) is 5.42. The van der Waals surface area contributed by atoms with Gasteiger partial charge in [0.25, 0.3) is 0 Å². The molecule has 0 radical (unpaired) electrons. The Kier molecular flexibility index (Phi) is 3.06. The second-order valence-electron chi connectivity index (χ2n) is 3.57. The quantitative estimate of drug-likeness (QED) is 0.835. The van der Waals surface area contributed by atoms with E-state index in [-0.39, 0.29) is 4.99 Å². The van der Waals surface area contributed by atoms with Crippen LogP contribution in [0.2, 0.25) is 0 Å². The minimum Gasteiger partial charge on any atom is -0.420 e. The summed E-state index contributed by atoms with van der Waals surface area (Å²) in [7, 11) is 1.80. The lowest BCUT2D eigenvalue weighted by molar-refractivity contribution is 0.415. The largest absolute Gasteiger partial charge is 0.420 e. The van der Waals surface area contributed by atoms with E-state index in [1.807, 2.05) is 13.0 Å². The molecule has 0 aliphatic heterocycles. The van der Waals surface area contributed by atoms with Crippen LogP contribution in [-0.2, 0) is 7.05 Å². The van der Waals surface area contributed by atoms with Crippen molar-refractivity contribution in [2.75, 3.05) is 0 Å².